The Kier molecular flexibility index (Phi) is 6.19. The van der Waals surface area contributed by atoms with E-state index in [0.717, 1.165) is 19.4 Å². The van der Waals surface area contributed by atoms with Gasteiger partial charge in [0.05, 0.1) is 18.4 Å². The zero-order valence-electron chi connectivity index (χ0n) is 11.9. The average Bonchev–Trinajstić information content (AvgIpc) is 2.37. The summed E-state index contributed by atoms with van der Waals surface area (Å²) in [4.78, 5) is 11.1. The molecule has 0 aliphatic heterocycles. The second-order valence-corrected chi connectivity index (χ2v) is 5.03. The highest BCUT2D eigenvalue weighted by Crippen LogP contribution is 2.22. The van der Waals surface area contributed by atoms with E-state index >= 15 is 0 Å². The Morgan fingerprint density at radius 1 is 1.37 bits per heavy atom. The van der Waals surface area contributed by atoms with Crippen LogP contribution in [0.4, 0.5) is 5.69 Å². The highest BCUT2D eigenvalue weighted by atomic mass is 16.5. The van der Waals surface area contributed by atoms with Gasteiger partial charge in [-0.15, -0.1) is 0 Å². The van der Waals surface area contributed by atoms with Crippen LogP contribution in [0.3, 0.4) is 0 Å². The van der Waals surface area contributed by atoms with Crippen molar-refractivity contribution < 1.29 is 14.6 Å². The highest BCUT2D eigenvalue weighted by Gasteiger charge is 2.10. The fourth-order valence-electron chi connectivity index (χ4n) is 1.88. The summed E-state index contributed by atoms with van der Waals surface area (Å²) in [5.41, 5.74) is 0.904. The number of hydrogen-bond donors (Lipinski definition) is 2. The molecule has 0 bridgehead atoms. The number of unbranched alkanes of at least 4 members (excludes halogenated alkanes) is 1. The van der Waals surface area contributed by atoms with Gasteiger partial charge in [-0.25, -0.2) is 4.79 Å². The largest absolute Gasteiger partial charge is 0.497 e. The van der Waals surface area contributed by atoms with E-state index in [1.807, 2.05) is 0 Å². The van der Waals surface area contributed by atoms with Crippen LogP contribution in [0.2, 0.25) is 0 Å². The lowest BCUT2D eigenvalue weighted by Crippen LogP contribution is -2.08. The molecule has 0 heterocycles. The molecule has 0 aliphatic carbocycles. The number of aromatic carboxylic acids is 1. The van der Waals surface area contributed by atoms with Gasteiger partial charge in [0, 0.05) is 12.6 Å². The molecule has 4 heteroatoms. The number of carbonyl (C=O) groups is 1. The summed E-state index contributed by atoms with van der Waals surface area (Å²) in [6.45, 7) is 5.19. The van der Waals surface area contributed by atoms with Crippen molar-refractivity contribution in [1.82, 2.24) is 0 Å². The van der Waals surface area contributed by atoms with Crippen LogP contribution in [0.5, 0.6) is 5.75 Å². The molecule has 0 aliphatic rings. The Hall–Kier alpha value is -1.71. The number of ether oxygens (including phenoxy) is 1. The molecule has 0 amide bonds. The van der Waals surface area contributed by atoms with Crippen molar-refractivity contribution in [1.29, 1.82) is 0 Å². The third-order valence-electron chi connectivity index (χ3n) is 2.98. The van der Waals surface area contributed by atoms with E-state index in [1.165, 1.54) is 6.42 Å². The van der Waals surface area contributed by atoms with Crippen LogP contribution in [-0.4, -0.2) is 24.7 Å². The second kappa shape index (κ2) is 7.67. The van der Waals surface area contributed by atoms with Gasteiger partial charge >= 0.3 is 5.97 Å². The monoisotopic (exact) mass is 265 g/mol. The van der Waals surface area contributed by atoms with Gasteiger partial charge in [0.15, 0.2) is 0 Å². The first-order valence-electron chi connectivity index (χ1n) is 6.69. The lowest BCUT2D eigenvalue weighted by molar-refractivity contribution is 0.0698. The minimum Gasteiger partial charge on any atom is -0.497 e. The molecule has 4 nitrogen and oxygen atoms in total. The number of hydrogen-bond acceptors (Lipinski definition) is 3. The van der Waals surface area contributed by atoms with Gasteiger partial charge in [-0.3, -0.25) is 0 Å². The Balaban J connectivity index is 2.57. The summed E-state index contributed by atoms with van der Waals surface area (Å²) in [6.07, 6.45) is 3.39. The molecule has 0 atom stereocenters. The zero-order chi connectivity index (χ0) is 14.3. The van der Waals surface area contributed by atoms with Gasteiger partial charge in [0.25, 0.3) is 0 Å². The topological polar surface area (TPSA) is 58.6 Å². The summed E-state index contributed by atoms with van der Waals surface area (Å²) in [5.74, 6) is 0.452. The molecule has 0 spiro atoms. The maximum Gasteiger partial charge on any atom is 0.337 e. The molecule has 106 valence electrons. The maximum absolute atomic E-state index is 11.1. The van der Waals surface area contributed by atoms with E-state index in [1.54, 1.807) is 25.3 Å². The number of methoxy groups -OCH3 is 1. The smallest absolute Gasteiger partial charge is 0.337 e. The van der Waals surface area contributed by atoms with Crippen LogP contribution in [0, 0.1) is 5.92 Å². The van der Waals surface area contributed by atoms with Crippen LogP contribution in [0.1, 0.15) is 43.5 Å². The Labute approximate surface area is 114 Å². The normalized spacial score (nSPS) is 10.5. The van der Waals surface area contributed by atoms with Crippen molar-refractivity contribution in [3.05, 3.63) is 23.8 Å². The van der Waals surface area contributed by atoms with E-state index in [9.17, 15) is 4.79 Å². The van der Waals surface area contributed by atoms with Crippen LogP contribution in [-0.2, 0) is 0 Å². The van der Waals surface area contributed by atoms with Gasteiger partial charge in [0.1, 0.15) is 5.75 Å². The summed E-state index contributed by atoms with van der Waals surface area (Å²) in [5, 5.41) is 12.3. The van der Waals surface area contributed by atoms with Gasteiger partial charge < -0.3 is 15.2 Å². The maximum atomic E-state index is 11.1. The Morgan fingerprint density at radius 3 is 2.68 bits per heavy atom. The molecule has 19 heavy (non-hydrogen) atoms. The van der Waals surface area contributed by atoms with E-state index in [2.05, 4.69) is 19.2 Å². The molecule has 1 aromatic carbocycles. The quantitative estimate of drug-likeness (QED) is 0.705. The molecule has 1 rings (SSSR count). The number of rotatable bonds is 8. The third-order valence-corrected chi connectivity index (χ3v) is 2.98. The molecular weight excluding hydrogens is 242 g/mol. The average molecular weight is 265 g/mol. The SMILES string of the molecule is COc1ccc(C(=O)O)c(NCCCCC(C)C)c1. The van der Waals surface area contributed by atoms with Crippen molar-refractivity contribution in [2.24, 2.45) is 5.92 Å². The zero-order valence-corrected chi connectivity index (χ0v) is 11.9. The van der Waals surface area contributed by atoms with E-state index in [4.69, 9.17) is 9.84 Å². The Morgan fingerprint density at radius 2 is 2.11 bits per heavy atom. The molecular formula is C15H23NO3. The molecule has 0 radical (unpaired) electrons. The van der Waals surface area contributed by atoms with Gasteiger partial charge in [-0.05, 0) is 24.5 Å². The number of nitrogens with one attached hydrogen (secondary N) is 1. The molecule has 0 unspecified atom stereocenters. The number of carboxylic acid groups (broad SMARTS) is 1. The van der Waals surface area contributed by atoms with E-state index < -0.39 is 5.97 Å². The molecule has 0 aromatic heterocycles. The predicted octanol–water partition coefficient (Wildman–Crippen LogP) is 3.63. The lowest BCUT2D eigenvalue weighted by Gasteiger charge is -2.11. The van der Waals surface area contributed by atoms with Crippen molar-refractivity contribution in [3.63, 3.8) is 0 Å². The lowest BCUT2D eigenvalue weighted by atomic mass is 10.1. The summed E-state index contributed by atoms with van der Waals surface area (Å²) >= 11 is 0. The van der Waals surface area contributed by atoms with Crippen LogP contribution in [0.15, 0.2) is 18.2 Å². The van der Waals surface area contributed by atoms with Gasteiger partial charge in [-0.2, -0.15) is 0 Å². The highest BCUT2D eigenvalue weighted by molar-refractivity contribution is 5.94. The van der Waals surface area contributed by atoms with Crippen molar-refractivity contribution in [2.75, 3.05) is 19.0 Å². The molecule has 1 aromatic rings. The van der Waals surface area contributed by atoms with Gasteiger partial charge in [-0.1, -0.05) is 26.7 Å². The minimum absolute atomic E-state index is 0.282. The van der Waals surface area contributed by atoms with Crippen molar-refractivity contribution in [2.45, 2.75) is 33.1 Å². The molecule has 0 saturated heterocycles. The summed E-state index contributed by atoms with van der Waals surface area (Å²) in [6, 6.07) is 4.96. The van der Waals surface area contributed by atoms with Crippen LogP contribution >= 0.6 is 0 Å². The molecule has 0 saturated carbocycles. The van der Waals surface area contributed by atoms with Crippen LogP contribution < -0.4 is 10.1 Å². The standard InChI is InChI=1S/C15H23NO3/c1-11(2)6-4-5-9-16-14-10-12(19-3)7-8-13(14)15(17)18/h7-8,10-11,16H,4-6,9H2,1-3H3,(H,17,18). The van der Waals surface area contributed by atoms with E-state index in [0.29, 0.717) is 17.4 Å². The fraction of sp³-hybridized carbons (Fsp3) is 0.533. The summed E-state index contributed by atoms with van der Waals surface area (Å²) < 4.78 is 5.12. The molecule has 0 fully saturated rings. The first kappa shape index (κ1) is 15.3. The number of anilines is 1. The van der Waals surface area contributed by atoms with E-state index in [-0.39, 0.29) is 5.56 Å². The van der Waals surface area contributed by atoms with Crippen molar-refractivity contribution in [3.8, 4) is 5.75 Å². The van der Waals surface area contributed by atoms with Crippen molar-refractivity contribution >= 4 is 11.7 Å². The summed E-state index contributed by atoms with van der Waals surface area (Å²) in [7, 11) is 1.57. The van der Waals surface area contributed by atoms with Crippen LogP contribution in [0.25, 0.3) is 0 Å². The predicted molar refractivity (Wildman–Crippen MR) is 77.1 cm³/mol. The number of benzene rings is 1. The first-order chi connectivity index (χ1) is 9.04. The fourth-order valence-corrected chi connectivity index (χ4v) is 1.88. The second-order valence-electron chi connectivity index (χ2n) is 5.03. The van der Waals surface area contributed by atoms with Gasteiger partial charge in [0.2, 0.25) is 0 Å². The minimum atomic E-state index is -0.924. The number of carboxylic acids is 1. The first-order valence-corrected chi connectivity index (χ1v) is 6.69. The molecule has 2 N–H and O–H groups in total. The Bertz CT molecular complexity index is 416. The third kappa shape index (κ3) is 5.20.